The zero-order valence-electron chi connectivity index (χ0n) is 9.23. The minimum absolute atomic E-state index is 0.152. The Morgan fingerprint density at radius 2 is 2.25 bits per heavy atom. The highest BCUT2D eigenvalue weighted by molar-refractivity contribution is 5.82. The lowest BCUT2D eigenvalue weighted by atomic mass is 10.2. The standard InChI is InChI=1S/C13H14N2O/c1-9-2-3-12-10(6-9)4-5-15(12)11-7-13(16)14-8-11/h2-6,11H,7-8H2,1H3,(H,14,16). The van der Waals surface area contributed by atoms with Gasteiger partial charge in [0, 0.05) is 24.7 Å². The fraction of sp³-hybridized carbons (Fsp3) is 0.308. The number of rotatable bonds is 1. The lowest BCUT2D eigenvalue weighted by molar-refractivity contribution is -0.119. The van der Waals surface area contributed by atoms with Crippen LogP contribution < -0.4 is 5.32 Å². The second-order valence-electron chi connectivity index (χ2n) is 4.45. The van der Waals surface area contributed by atoms with Crippen LogP contribution in [-0.4, -0.2) is 17.0 Å². The number of aromatic nitrogens is 1. The summed E-state index contributed by atoms with van der Waals surface area (Å²) in [5, 5.41) is 4.12. The van der Waals surface area contributed by atoms with E-state index in [-0.39, 0.29) is 11.9 Å². The van der Waals surface area contributed by atoms with Crippen molar-refractivity contribution in [3.8, 4) is 0 Å². The first kappa shape index (κ1) is 9.46. The van der Waals surface area contributed by atoms with Crippen molar-refractivity contribution in [2.24, 2.45) is 0 Å². The first-order chi connectivity index (χ1) is 7.74. The molecule has 1 amide bonds. The molecule has 0 radical (unpaired) electrons. The van der Waals surface area contributed by atoms with Gasteiger partial charge in [0.1, 0.15) is 0 Å². The van der Waals surface area contributed by atoms with Gasteiger partial charge in [0.25, 0.3) is 0 Å². The van der Waals surface area contributed by atoms with E-state index >= 15 is 0 Å². The minimum Gasteiger partial charge on any atom is -0.354 e. The zero-order chi connectivity index (χ0) is 11.1. The third kappa shape index (κ3) is 1.40. The molecule has 0 saturated carbocycles. The second kappa shape index (κ2) is 3.37. The summed E-state index contributed by atoms with van der Waals surface area (Å²) in [6.45, 7) is 2.84. The lowest BCUT2D eigenvalue weighted by Crippen LogP contribution is -2.15. The molecule has 1 aromatic carbocycles. The zero-order valence-corrected chi connectivity index (χ0v) is 9.23. The van der Waals surface area contributed by atoms with Crippen molar-refractivity contribution in [3.63, 3.8) is 0 Å². The molecule has 16 heavy (non-hydrogen) atoms. The first-order valence-corrected chi connectivity index (χ1v) is 5.58. The molecule has 2 heterocycles. The molecule has 1 atom stereocenters. The highest BCUT2D eigenvalue weighted by Crippen LogP contribution is 2.24. The van der Waals surface area contributed by atoms with Gasteiger partial charge in [0.15, 0.2) is 0 Å². The molecule has 0 aliphatic carbocycles. The molecule has 1 N–H and O–H groups in total. The molecule has 0 bridgehead atoms. The van der Waals surface area contributed by atoms with E-state index < -0.39 is 0 Å². The summed E-state index contributed by atoms with van der Waals surface area (Å²) in [5.41, 5.74) is 2.48. The number of benzene rings is 1. The van der Waals surface area contributed by atoms with Gasteiger partial charge >= 0.3 is 0 Å². The van der Waals surface area contributed by atoms with Crippen molar-refractivity contribution < 1.29 is 4.79 Å². The number of aryl methyl sites for hydroxylation is 1. The highest BCUT2D eigenvalue weighted by Gasteiger charge is 2.23. The van der Waals surface area contributed by atoms with Crippen LogP contribution in [0.5, 0.6) is 0 Å². The number of hydrogen-bond donors (Lipinski definition) is 1. The molecule has 2 aromatic rings. The fourth-order valence-corrected chi connectivity index (χ4v) is 2.39. The largest absolute Gasteiger partial charge is 0.354 e. The van der Waals surface area contributed by atoms with Gasteiger partial charge in [-0.05, 0) is 30.5 Å². The molecule has 3 rings (SSSR count). The predicted molar refractivity (Wildman–Crippen MR) is 63.3 cm³/mol. The molecule has 1 unspecified atom stereocenters. The fourth-order valence-electron chi connectivity index (χ4n) is 2.39. The molecule has 3 nitrogen and oxygen atoms in total. The predicted octanol–water partition coefficient (Wildman–Crippen LogP) is 2.01. The van der Waals surface area contributed by atoms with Gasteiger partial charge in [0.2, 0.25) is 5.91 Å². The van der Waals surface area contributed by atoms with E-state index in [1.165, 1.54) is 16.5 Å². The molecule has 1 saturated heterocycles. The number of fused-ring (bicyclic) bond motifs is 1. The average Bonchev–Trinajstić information content (AvgIpc) is 2.83. The summed E-state index contributed by atoms with van der Waals surface area (Å²) in [6.07, 6.45) is 2.67. The van der Waals surface area contributed by atoms with Gasteiger partial charge in [0.05, 0.1) is 6.04 Å². The summed E-state index contributed by atoms with van der Waals surface area (Å²) in [7, 11) is 0. The van der Waals surface area contributed by atoms with Gasteiger partial charge in [-0.2, -0.15) is 0 Å². The van der Waals surface area contributed by atoms with Crippen molar-refractivity contribution in [2.45, 2.75) is 19.4 Å². The number of carbonyl (C=O) groups is 1. The van der Waals surface area contributed by atoms with Gasteiger partial charge < -0.3 is 9.88 Å². The van der Waals surface area contributed by atoms with Crippen LogP contribution >= 0.6 is 0 Å². The molecular weight excluding hydrogens is 200 g/mol. The summed E-state index contributed by atoms with van der Waals surface area (Å²) < 4.78 is 2.20. The molecular formula is C13H14N2O. The van der Waals surface area contributed by atoms with Crippen LogP contribution in [0.15, 0.2) is 30.5 Å². The van der Waals surface area contributed by atoms with Crippen molar-refractivity contribution in [3.05, 3.63) is 36.0 Å². The number of nitrogens with zero attached hydrogens (tertiary/aromatic N) is 1. The lowest BCUT2D eigenvalue weighted by Gasteiger charge is -2.11. The monoisotopic (exact) mass is 214 g/mol. The Bertz CT molecular complexity index is 556. The van der Waals surface area contributed by atoms with E-state index in [9.17, 15) is 4.79 Å². The van der Waals surface area contributed by atoms with Crippen molar-refractivity contribution in [1.82, 2.24) is 9.88 Å². The van der Waals surface area contributed by atoms with E-state index in [2.05, 4.69) is 47.3 Å². The summed E-state index contributed by atoms with van der Waals surface area (Å²) in [6, 6.07) is 8.81. The van der Waals surface area contributed by atoms with Crippen LogP contribution in [0.2, 0.25) is 0 Å². The SMILES string of the molecule is Cc1ccc2c(ccn2C2CNC(=O)C2)c1. The Balaban J connectivity index is 2.07. The van der Waals surface area contributed by atoms with Crippen LogP contribution in [0.3, 0.4) is 0 Å². The number of carbonyl (C=O) groups excluding carboxylic acids is 1. The van der Waals surface area contributed by atoms with E-state index in [4.69, 9.17) is 0 Å². The van der Waals surface area contributed by atoms with Gasteiger partial charge in [-0.1, -0.05) is 11.6 Å². The Kier molecular flexibility index (Phi) is 1.99. The number of nitrogens with one attached hydrogen (secondary N) is 1. The number of amides is 1. The Labute approximate surface area is 94.1 Å². The maximum Gasteiger partial charge on any atom is 0.222 e. The quantitative estimate of drug-likeness (QED) is 0.774. The first-order valence-electron chi connectivity index (χ1n) is 5.58. The van der Waals surface area contributed by atoms with Gasteiger partial charge in [-0.25, -0.2) is 0 Å². The van der Waals surface area contributed by atoms with Gasteiger partial charge in [-0.3, -0.25) is 4.79 Å². The maximum atomic E-state index is 11.2. The number of hydrogen-bond acceptors (Lipinski definition) is 1. The van der Waals surface area contributed by atoms with Crippen molar-refractivity contribution in [2.75, 3.05) is 6.54 Å². The Morgan fingerprint density at radius 3 is 3.00 bits per heavy atom. The smallest absolute Gasteiger partial charge is 0.222 e. The summed E-state index contributed by atoms with van der Waals surface area (Å²) in [5.74, 6) is 0.152. The van der Waals surface area contributed by atoms with Crippen LogP contribution in [-0.2, 0) is 4.79 Å². The third-order valence-electron chi connectivity index (χ3n) is 3.23. The van der Waals surface area contributed by atoms with Crippen molar-refractivity contribution in [1.29, 1.82) is 0 Å². The molecule has 1 aromatic heterocycles. The minimum atomic E-state index is 0.152. The van der Waals surface area contributed by atoms with E-state index in [1.54, 1.807) is 0 Å². The summed E-state index contributed by atoms with van der Waals surface area (Å²) >= 11 is 0. The molecule has 0 spiro atoms. The second-order valence-corrected chi connectivity index (χ2v) is 4.45. The Morgan fingerprint density at radius 1 is 1.38 bits per heavy atom. The van der Waals surface area contributed by atoms with Gasteiger partial charge in [-0.15, -0.1) is 0 Å². The molecule has 1 fully saturated rings. The molecule has 1 aliphatic heterocycles. The normalized spacial score (nSPS) is 20.3. The van der Waals surface area contributed by atoms with Crippen LogP contribution in [0.1, 0.15) is 18.0 Å². The van der Waals surface area contributed by atoms with Crippen LogP contribution in [0.4, 0.5) is 0 Å². The van der Waals surface area contributed by atoms with E-state index in [0.29, 0.717) is 6.42 Å². The van der Waals surface area contributed by atoms with E-state index in [0.717, 1.165) is 6.54 Å². The van der Waals surface area contributed by atoms with E-state index in [1.807, 2.05) is 0 Å². The molecule has 3 heteroatoms. The third-order valence-corrected chi connectivity index (χ3v) is 3.23. The van der Waals surface area contributed by atoms with Crippen LogP contribution in [0.25, 0.3) is 10.9 Å². The highest BCUT2D eigenvalue weighted by atomic mass is 16.1. The average molecular weight is 214 g/mol. The molecule has 1 aliphatic rings. The maximum absolute atomic E-state index is 11.2. The van der Waals surface area contributed by atoms with Crippen molar-refractivity contribution >= 4 is 16.8 Å². The summed E-state index contributed by atoms with van der Waals surface area (Å²) in [4.78, 5) is 11.2. The van der Waals surface area contributed by atoms with Crippen LogP contribution in [0, 0.1) is 6.92 Å². The molecule has 82 valence electrons. The topological polar surface area (TPSA) is 34.0 Å². The Hall–Kier alpha value is -1.77.